The number of alkyl halides is 5. The topological polar surface area (TPSA) is 37.3 Å². The molecule has 0 aliphatic rings. The first kappa shape index (κ1) is 12.7. The average Bonchev–Trinajstić information content (AvgIpc) is 1.79. The molecule has 0 atom stereocenters. The number of halogens is 7. The summed E-state index contributed by atoms with van der Waals surface area (Å²) in [6.45, 7) is 0. The van der Waals surface area contributed by atoms with Gasteiger partial charge in [-0.2, -0.15) is 30.7 Å². The van der Waals surface area contributed by atoms with E-state index in [-0.39, 0.29) is 0 Å². The Morgan fingerprint density at radius 1 is 1.00 bits per heavy atom. The predicted octanol–water partition coefficient (Wildman–Crippen LogP) is 2.42. The maximum absolute atomic E-state index is 12.1. The molecule has 0 spiro atoms. The molecule has 2 nitrogen and oxygen atoms in total. The number of carboxylic acids is 1. The molecular formula is C5HF7O2. The third-order valence-corrected chi connectivity index (χ3v) is 1.06. The van der Waals surface area contributed by atoms with Crippen LogP contribution >= 0.6 is 0 Å². The molecule has 0 aromatic heterocycles. The van der Waals surface area contributed by atoms with E-state index in [9.17, 15) is 35.5 Å². The molecular weight excluding hydrogens is 225 g/mol. The minimum atomic E-state index is -6.10. The fourth-order valence-electron chi connectivity index (χ4n) is 0.511. The van der Waals surface area contributed by atoms with Gasteiger partial charge in [-0.05, 0) is 0 Å². The van der Waals surface area contributed by atoms with Crippen molar-refractivity contribution in [2.24, 2.45) is 0 Å². The van der Waals surface area contributed by atoms with Gasteiger partial charge in [-0.1, -0.05) is 0 Å². The van der Waals surface area contributed by atoms with Crippen LogP contribution in [-0.4, -0.2) is 23.2 Å². The average molecular weight is 226 g/mol. The Morgan fingerprint density at radius 3 is 1.43 bits per heavy atom. The van der Waals surface area contributed by atoms with E-state index in [1.54, 1.807) is 0 Å². The van der Waals surface area contributed by atoms with Gasteiger partial charge < -0.3 is 5.11 Å². The van der Waals surface area contributed by atoms with Crippen LogP contribution < -0.4 is 0 Å². The summed E-state index contributed by atoms with van der Waals surface area (Å²) in [6.07, 6.45) is -9.87. The van der Waals surface area contributed by atoms with Crippen molar-refractivity contribution in [3.8, 4) is 0 Å². The van der Waals surface area contributed by atoms with Gasteiger partial charge in [0.25, 0.3) is 6.08 Å². The van der Waals surface area contributed by atoms with Crippen molar-refractivity contribution in [3.05, 3.63) is 11.7 Å². The number of rotatable bonds is 2. The van der Waals surface area contributed by atoms with Crippen LogP contribution in [0.1, 0.15) is 0 Å². The van der Waals surface area contributed by atoms with Crippen molar-refractivity contribution in [1.29, 1.82) is 0 Å². The first-order valence-corrected chi connectivity index (χ1v) is 2.75. The SMILES string of the molecule is O=C(O)C(F)(F)C(=C(F)F)C(F)(F)F. The highest BCUT2D eigenvalue weighted by Gasteiger charge is 2.58. The molecule has 0 heterocycles. The summed E-state index contributed by atoms with van der Waals surface area (Å²) in [7, 11) is 0. The number of carboxylic acid groups (broad SMARTS) is 1. The van der Waals surface area contributed by atoms with Crippen molar-refractivity contribution >= 4 is 5.97 Å². The molecule has 0 bridgehead atoms. The molecule has 9 heteroatoms. The quantitative estimate of drug-likeness (QED) is 0.734. The van der Waals surface area contributed by atoms with Crippen LogP contribution in [-0.2, 0) is 4.79 Å². The molecule has 14 heavy (non-hydrogen) atoms. The van der Waals surface area contributed by atoms with Crippen LogP contribution in [0.25, 0.3) is 0 Å². The lowest BCUT2D eigenvalue weighted by atomic mass is 10.1. The Labute approximate surface area is 71.6 Å². The fraction of sp³-hybridized carbons (Fsp3) is 0.400. The minimum Gasteiger partial charge on any atom is -0.477 e. The van der Waals surface area contributed by atoms with Gasteiger partial charge in [0.15, 0.2) is 5.57 Å². The highest BCUT2D eigenvalue weighted by atomic mass is 19.4. The van der Waals surface area contributed by atoms with Gasteiger partial charge in [0.1, 0.15) is 0 Å². The molecule has 0 saturated heterocycles. The zero-order chi connectivity index (χ0) is 11.7. The maximum atomic E-state index is 12.1. The van der Waals surface area contributed by atoms with Crippen molar-refractivity contribution in [3.63, 3.8) is 0 Å². The molecule has 0 aromatic carbocycles. The van der Waals surface area contributed by atoms with E-state index in [0.29, 0.717) is 0 Å². The maximum Gasteiger partial charge on any atom is 0.424 e. The van der Waals surface area contributed by atoms with E-state index in [4.69, 9.17) is 5.11 Å². The predicted molar refractivity (Wildman–Crippen MR) is 27.9 cm³/mol. The van der Waals surface area contributed by atoms with Gasteiger partial charge in [-0.25, -0.2) is 4.79 Å². The number of aliphatic carboxylic acids is 1. The number of hydrogen-bond donors (Lipinski definition) is 1. The summed E-state index contributed by atoms with van der Waals surface area (Å²) < 4.78 is 81.8. The lowest BCUT2D eigenvalue weighted by molar-refractivity contribution is -0.175. The second-order valence-electron chi connectivity index (χ2n) is 2.01. The highest BCUT2D eigenvalue weighted by Crippen LogP contribution is 2.40. The van der Waals surface area contributed by atoms with Crippen molar-refractivity contribution in [1.82, 2.24) is 0 Å². The van der Waals surface area contributed by atoms with Gasteiger partial charge in [-0.3, -0.25) is 0 Å². The van der Waals surface area contributed by atoms with Crippen LogP contribution in [0.5, 0.6) is 0 Å². The molecule has 1 N–H and O–H groups in total. The Hall–Kier alpha value is -1.28. The molecule has 0 fully saturated rings. The largest absolute Gasteiger partial charge is 0.477 e. The molecule has 0 amide bonds. The van der Waals surface area contributed by atoms with Gasteiger partial charge in [0, 0.05) is 0 Å². The normalized spacial score (nSPS) is 12.5. The van der Waals surface area contributed by atoms with E-state index < -0.39 is 29.7 Å². The molecule has 0 aromatic rings. The van der Waals surface area contributed by atoms with E-state index in [1.807, 2.05) is 0 Å². The van der Waals surface area contributed by atoms with E-state index in [2.05, 4.69) is 0 Å². The summed E-state index contributed by atoms with van der Waals surface area (Å²) in [6, 6.07) is 0. The molecule has 0 rings (SSSR count). The first-order valence-electron chi connectivity index (χ1n) is 2.75. The van der Waals surface area contributed by atoms with Crippen molar-refractivity contribution in [2.75, 3.05) is 0 Å². The minimum absolute atomic E-state index is 3.29. The Morgan fingerprint density at radius 2 is 1.36 bits per heavy atom. The van der Waals surface area contributed by atoms with Crippen LogP contribution in [0.2, 0.25) is 0 Å². The monoisotopic (exact) mass is 226 g/mol. The molecule has 0 saturated carbocycles. The summed E-state index contributed by atoms with van der Waals surface area (Å²) >= 11 is 0. The zero-order valence-electron chi connectivity index (χ0n) is 6.00. The zero-order valence-corrected chi connectivity index (χ0v) is 6.00. The van der Waals surface area contributed by atoms with Crippen molar-refractivity contribution in [2.45, 2.75) is 12.1 Å². The summed E-state index contributed by atoms with van der Waals surface area (Å²) in [4.78, 5) is 9.60. The molecule has 0 aliphatic carbocycles. The Bertz CT molecular complexity index is 272. The van der Waals surface area contributed by atoms with Crippen LogP contribution in [0.3, 0.4) is 0 Å². The molecule has 0 unspecified atom stereocenters. The van der Waals surface area contributed by atoms with Gasteiger partial charge in [0.2, 0.25) is 0 Å². The van der Waals surface area contributed by atoms with Crippen LogP contribution in [0.15, 0.2) is 11.7 Å². The molecule has 82 valence electrons. The van der Waals surface area contributed by atoms with Crippen LogP contribution in [0.4, 0.5) is 30.7 Å². The first-order chi connectivity index (χ1) is 6.01. The lowest BCUT2D eigenvalue weighted by Crippen LogP contribution is -2.38. The third kappa shape index (κ3) is 2.36. The standard InChI is InChI=1S/C5HF7O2/c6-2(7)1(5(10,11)12)4(8,9)3(13)14/h(H,13,14). The van der Waals surface area contributed by atoms with Crippen LogP contribution in [0, 0.1) is 0 Å². The summed E-state index contributed by atoms with van der Waals surface area (Å²) in [5, 5.41) is 7.61. The lowest BCUT2D eigenvalue weighted by Gasteiger charge is -2.16. The van der Waals surface area contributed by atoms with Gasteiger partial charge >= 0.3 is 18.1 Å². The molecule has 0 radical (unpaired) electrons. The third-order valence-electron chi connectivity index (χ3n) is 1.06. The smallest absolute Gasteiger partial charge is 0.424 e. The molecule has 0 aliphatic heterocycles. The second-order valence-corrected chi connectivity index (χ2v) is 2.01. The van der Waals surface area contributed by atoms with E-state index in [1.165, 1.54) is 0 Å². The summed E-state index contributed by atoms with van der Waals surface area (Å²) in [5.74, 6) is -8.95. The highest BCUT2D eigenvalue weighted by molar-refractivity contribution is 5.80. The van der Waals surface area contributed by atoms with E-state index in [0.717, 1.165) is 0 Å². The number of hydrogen-bond acceptors (Lipinski definition) is 1. The van der Waals surface area contributed by atoms with E-state index >= 15 is 0 Å². The van der Waals surface area contributed by atoms with Gasteiger partial charge in [0.05, 0.1) is 0 Å². The second kappa shape index (κ2) is 3.46. The number of carbonyl (C=O) groups is 1. The Balaban J connectivity index is 5.51. The van der Waals surface area contributed by atoms with Crippen molar-refractivity contribution < 1.29 is 40.6 Å². The van der Waals surface area contributed by atoms with Gasteiger partial charge in [-0.15, -0.1) is 0 Å². The fourth-order valence-corrected chi connectivity index (χ4v) is 0.511. The Kier molecular flexibility index (Phi) is 3.15. The summed E-state index contributed by atoms with van der Waals surface area (Å²) in [5.41, 5.74) is -3.66.